The maximum absolute atomic E-state index is 11.8. The molecule has 1 aromatic rings. The summed E-state index contributed by atoms with van der Waals surface area (Å²) in [4.78, 5) is 3.85. The molecule has 5 nitrogen and oxygen atoms in total. The molecule has 1 aliphatic heterocycles. The Morgan fingerprint density at radius 2 is 2.19 bits per heavy atom. The smallest absolute Gasteiger partial charge is 0.216 e. The van der Waals surface area contributed by atoms with Crippen LogP contribution in [0.15, 0.2) is 24.5 Å². The second-order valence-electron chi connectivity index (χ2n) is 3.92. The van der Waals surface area contributed by atoms with E-state index in [4.69, 9.17) is 0 Å². The topological polar surface area (TPSA) is 71.1 Å². The van der Waals surface area contributed by atoms with Gasteiger partial charge in [-0.25, -0.2) is 13.1 Å². The first-order valence-corrected chi connectivity index (χ1v) is 6.90. The summed E-state index contributed by atoms with van der Waals surface area (Å²) in [5.41, 5.74) is 0.758. The van der Waals surface area contributed by atoms with Crippen molar-refractivity contribution in [3.05, 3.63) is 30.1 Å². The lowest BCUT2D eigenvalue weighted by molar-refractivity contribution is 0.559. The first-order chi connectivity index (χ1) is 7.66. The summed E-state index contributed by atoms with van der Waals surface area (Å²) in [7, 11) is -3.24. The van der Waals surface area contributed by atoms with Gasteiger partial charge in [-0.1, -0.05) is 0 Å². The second kappa shape index (κ2) is 4.90. The van der Waals surface area contributed by atoms with Crippen LogP contribution < -0.4 is 10.0 Å². The van der Waals surface area contributed by atoms with Crippen LogP contribution in [0.25, 0.3) is 0 Å². The second-order valence-corrected chi connectivity index (χ2v) is 5.68. The van der Waals surface area contributed by atoms with Gasteiger partial charge < -0.3 is 5.32 Å². The summed E-state index contributed by atoms with van der Waals surface area (Å²) < 4.78 is 26.3. The lowest BCUT2D eigenvalue weighted by atomic mass is 10.3. The highest BCUT2D eigenvalue weighted by atomic mass is 32.2. The van der Waals surface area contributed by atoms with Crippen molar-refractivity contribution >= 4 is 10.0 Å². The summed E-state index contributed by atoms with van der Waals surface area (Å²) in [6, 6.07) is 3.46. The summed E-state index contributed by atoms with van der Waals surface area (Å²) in [5, 5.41) is 3.12. The van der Waals surface area contributed by atoms with Gasteiger partial charge in [0, 0.05) is 25.0 Å². The third-order valence-corrected chi connectivity index (χ3v) is 3.92. The van der Waals surface area contributed by atoms with E-state index >= 15 is 0 Å². The number of hydrogen-bond acceptors (Lipinski definition) is 4. The highest BCUT2D eigenvalue weighted by Gasteiger charge is 2.21. The summed E-state index contributed by atoms with van der Waals surface area (Å²) in [6.45, 7) is 1.60. The number of rotatable bonds is 4. The average Bonchev–Trinajstić information content (AvgIpc) is 2.70. The van der Waals surface area contributed by atoms with Crippen molar-refractivity contribution < 1.29 is 8.42 Å². The van der Waals surface area contributed by atoms with Crippen LogP contribution >= 0.6 is 0 Å². The number of pyridine rings is 1. The Labute approximate surface area is 95.3 Å². The molecule has 16 heavy (non-hydrogen) atoms. The highest BCUT2D eigenvalue weighted by Crippen LogP contribution is 2.06. The van der Waals surface area contributed by atoms with E-state index in [1.54, 1.807) is 24.5 Å². The zero-order chi connectivity index (χ0) is 11.4. The van der Waals surface area contributed by atoms with E-state index in [-0.39, 0.29) is 11.8 Å². The van der Waals surface area contributed by atoms with Gasteiger partial charge in [0.2, 0.25) is 10.0 Å². The Balaban J connectivity index is 1.97. The fraction of sp³-hybridized carbons (Fsp3) is 0.500. The largest absolute Gasteiger partial charge is 0.315 e. The predicted molar refractivity (Wildman–Crippen MR) is 61.3 cm³/mol. The standard InChI is InChI=1S/C10H15N3O2S/c14-16(15,13-10-3-6-12-7-10)8-9-1-4-11-5-2-9/h1-2,4-5,10,12-13H,3,6-8H2/t10-/m1/s1. The van der Waals surface area contributed by atoms with Gasteiger partial charge in [-0.05, 0) is 30.7 Å². The van der Waals surface area contributed by atoms with Gasteiger partial charge in [-0.15, -0.1) is 0 Å². The molecule has 1 aromatic heterocycles. The Kier molecular flexibility index (Phi) is 3.52. The number of nitrogens with zero attached hydrogens (tertiary/aromatic N) is 1. The Morgan fingerprint density at radius 3 is 2.81 bits per heavy atom. The molecule has 0 aromatic carbocycles. The fourth-order valence-corrected chi connectivity index (χ4v) is 3.17. The first kappa shape index (κ1) is 11.5. The third kappa shape index (κ3) is 3.26. The number of sulfonamides is 1. The van der Waals surface area contributed by atoms with Crippen LogP contribution in [0.4, 0.5) is 0 Å². The highest BCUT2D eigenvalue weighted by molar-refractivity contribution is 7.88. The molecule has 0 radical (unpaired) electrons. The van der Waals surface area contributed by atoms with Crippen LogP contribution in [-0.4, -0.2) is 32.5 Å². The van der Waals surface area contributed by atoms with Crippen molar-refractivity contribution in [3.63, 3.8) is 0 Å². The lowest BCUT2D eigenvalue weighted by Crippen LogP contribution is -2.36. The van der Waals surface area contributed by atoms with E-state index in [2.05, 4.69) is 15.0 Å². The summed E-state index contributed by atoms with van der Waals surface area (Å²) >= 11 is 0. The van der Waals surface area contributed by atoms with Crippen molar-refractivity contribution in [2.45, 2.75) is 18.2 Å². The fourth-order valence-electron chi connectivity index (χ4n) is 1.75. The minimum Gasteiger partial charge on any atom is -0.315 e. The monoisotopic (exact) mass is 241 g/mol. The van der Waals surface area contributed by atoms with Crippen molar-refractivity contribution in [3.8, 4) is 0 Å². The van der Waals surface area contributed by atoms with Crippen LogP contribution in [0.2, 0.25) is 0 Å². The molecule has 0 spiro atoms. The molecule has 0 amide bonds. The van der Waals surface area contributed by atoms with Gasteiger partial charge in [0.1, 0.15) is 0 Å². The third-order valence-electron chi connectivity index (χ3n) is 2.51. The SMILES string of the molecule is O=S(=O)(Cc1ccncc1)N[C@@H]1CCNC1. The molecule has 0 bridgehead atoms. The zero-order valence-corrected chi connectivity index (χ0v) is 9.70. The van der Waals surface area contributed by atoms with Gasteiger partial charge in [-0.3, -0.25) is 4.98 Å². The van der Waals surface area contributed by atoms with Crippen molar-refractivity contribution in [2.24, 2.45) is 0 Å². The Hall–Kier alpha value is -0.980. The van der Waals surface area contributed by atoms with Crippen molar-refractivity contribution in [2.75, 3.05) is 13.1 Å². The van der Waals surface area contributed by atoms with E-state index in [0.29, 0.717) is 0 Å². The molecule has 2 heterocycles. The first-order valence-electron chi connectivity index (χ1n) is 5.25. The Morgan fingerprint density at radius 1 is 1.44 bits per heavy atom. The minimum absolute atomic E-state index is 0.0199. The van der Waals surface area contributed by atoms with E-state index in [9.17, 15) is 8.42 Å². The molecule has 1 atom stereocenters. The van der Waals surface area contributed by atoms with Crippen LogP contribution in [-0.2, 0) is 15.8 Å². The normalized spacial score (nSPS) is 21.1. The molecule has 0 saturated carbocycles. The molecular formula is C10H15N3O2S. The molecule has 1 saturated heterocycles. The van der Waals surface area contributed by atoms with Crippen LogP contribution in [0.5, 0.6) is 0 Å². The summed E-state index contributed by atoms with van der Waals surface area (Å²) in [6.07, 6.45) is 4.06. The van der Waals surface area contributed by atoms with Crippen LogP contribution in [0.3, 0.4) is 0 Å². The van der Waals surface area contributed by atoms with Gasteiger partial charge in [0.15, 0.2) is 0 Å². The zero-order valence-electron chi connectivity index (χ0n) is 8.89. The van der Waals surface area contributed by atoms with Crippen molar-refractivity contribution in [1.29, 1.82) is 0 Å². The molecule has 0 unspecified atom stereocenters. The average molecular weight is 241 g/mol. The Bertz CT molecular complexity index is 427. The molecule has 1 fully saturated rings. The predicted octanol–water partition coefficient (Wildman–Crippen LogP) is -0.137. The maximum atomic E-state index is 11.8. The van der Waals surface area contributed by atoms with E-state index in [0.717, 1.165) is 25.1 Å². The molecule has 0 aliphatic carbocycles. The number of hydrogen-bond donors (Lipinski definition) is 2. The molecule has 88 valence electrons. The van der Waals surface area contributed by atoms with Gasteiger partial charge >= 0.3 is 0 Å². The molecule has 2 rings (SSSR count). The van der Waals surface area contributed by atoms with E-state index < -0.39 is 10.0 Å². The van der Waals surface area contributed by atoms with Gasteiger partial charge in [0.05, 0.1) is 5.75 Å². The number of nitrogens with one attached hydrogen (secondary N) is 2. The maximum Gasteiger partial charge on any atom is 0.216 e. The molecule has 2 N–H and O–H groups in total. The molecule has 6 heteroatoms. The van der Waals surface area contributed by atoms with Crippen molar-refractivity contribution in [1.82, 2.24) is 15.0 Å². The quantitative estimate of drug-likeness (QED) is 0.770. The molecular weight excluding hydrogens is 226 g/mol. The van der Waals surface area contributed by atoms with Crippen LogP contribution in [0, 0.1) is 0 Å². The lowest BCUT2D eigenvalue weighted by Gasteiger charge is -2.11. The minimum atomic E-state index is -3.24. The van der Waals surface area contributed by atoms with Gasteiger partial charge in [-0.2, -0.15) is 0 Å². The number of aromatic nitrogens is 1. The summed E-state index contributed by atoms with van der Waals surface area (Å²) in [5.74, 6) is 0.0199. The van der Waals surface area contributed by atoms with Gasteiger partial charge in [0.25, 0.3) is 0 Å². The molecule has 1 aliphatic rings. The van der Waals surface area contributed by atoms with E-state index in [1.165, 1.54) is 0 Å². The van der Waals surface area contributed by atoms with Crippen LogP contribution in [0.1, 0.15) is 12.0 Å². The van der Waals surface area contributed by atoms with E-state index in [1.807, 2.05) is 0 Å².